The second kappa shape index (κ2) is 6.35. The third-order valence-electron chi connectivity index (χ3n) is 3.86. The summed E-state index contributed by atoms with van der Waals surface area (Å²) in [6.07, 6.45) is 2.66. The number of pyridine rings is 1. The van der Waals surface area contributed by atoms with Crippen molar-refractivity contribution in [3.8, 4) is 0 Å². The Morgan fingerprint density at radius 1 is 1.42 bits per heavy atom. The van der Waals surface area contributed by atoms with E-state index in [0.717, 1.165) is 42.9 Å². The third kappa shape index (κ3) is 3.45. The molecule has 1 saturated heterocycles. The minimum atomic E-state index is -0.289. The number of aryl methyl sites for hydroxylation is 1. The van der Waals surface area contributed by atoms with Gasteiger partial charge in [-0.3, -0.25) is 0 Å². The lowest BCUT2D eigenvalue weighted by Crippen LogP contribution is -2.43. The van der Waals surface area contributed by atoms with E-state index >= 15 is 0 Å². The maximum atomic E-state index is 9.99. The van der Waals surface area contributed by atoms with Crippen molar-refractivity contribution >= 4 is 5.82 Å². The molecular formula is C15H24N2O2. The molecule has 4 heteroatoms. The molecule has 2 atom stereocenters. The van der Waals surface area contributed by atoms with Crippen LogP contribution in [0.15, 0.2) is 12.1 Å². The second-order valence-electron chi connectivity index (χ2n) is 5.51. The van der Waals surface area contributed by atoms with Gasteiger partial charge in [0.05, 0.1) is 12.7 Å². The van der Waals surface area contributed by atoms with Gasteiger partial charge in [0, 0.05) is 18.8 Å². The first-order chi connectivity index (χ1) is 9.13. The van der Waals surface area contributed by atoms with Gasteiger partial charge in [-0.25, -0.2) is 4.98 Å². The third-order valence-corrected chi connectivity index (χ3v) is 3.86. The number of anilines is 1. The van der Waals surface area contributed by atoms with E-state index in [9.17, 15) is 10.2 Å². The first kappa shape index (κ1) is 14.3. The van der Waals surface area contributed by atoms with E-state index in [1.54, 1.807) is 0 Å². The minimum Gasteiger partial charge on any atom is -0.392 e. The van der Waals surface area contributed by atoms with Gasteiger partial charge >= 0.3 is 0 Å². The fraction of sp³-hybridized carbons (Fsp3) is 0.667. The Bertz CT molecular complexity index is 423. The number of aliphatic hydroxyl groups is 2. The Hall–Kier alpha value is -1.13. The van der Waals surface area contributed by atoms with Gasteiger partial charge in [-0.2, -0.15) is 0 Å². The number of rotatable bonds is 4. The zero-order valence-electron chi connectivity index (χ0n) is 11.8. The lowest BCUT2D eigenvalue weighted by atomic mass is 9.96. The summed E-state index contributed by atoms with van der Waals surface area (Å²) in [6, 6.07) is 3.90. The van der Waals surface area contributed by atoms with Gasteiger partial charge in [-0.1, -0.05) is 20.3 Å². The van der Waals surface area contributed by atoms with Crippen LogP contribution >= 0.6 is 0 Å². The predicted octanol–water partition coefficient (Wildman–Crippen LogP) is 1.73. The summed E-state index contributed by atoms with van der Waals surface area (Å²) in [5.74, 6) is 1.24. The molecule has 1 aromatic heterocycles. The van der Waals surface area contributed by atoms with Crippen LogP contribution in [0.2, 0.25) is 0 Å². The molecule has 106 valence electrons. The Balaban J connectivity index is 2.20. The van der Waals surface area contributed by atoms with Crippen molar-refractivity contribution in [2.75, 3.05) is 18.0 Å². The van der Waals surface area contributed by atoms with E-state index in [4.69, 9.17) is 0 Å². The maximum Gasteiger partial charge on any atom is 0.129 e. The summed E-state index contributed by atoms with van der Waals surface area (Å²) in [5.41, 5.74) is 1.93. The van der Waals surface area contributed by atoms with Gasteiger partial charge in [-0.05, 0) is 36.5 Å². The quantitative estimate of drug-likeness (QED) is 0.869. The number of nitrogens with zero attached hydrogens (tertiary/aromatic N) is 2. The van der Waals surface area contributed by atoms with E-state index in [0.29, 0.717) is 12.5 Å². The maximum absolute atomic E-state index is 9.99. The molecule has 0 spiro atoms. The average Bonchev–Trinajstić information content (AvgIpc) is 2.42. The summed E-state index contributed by atoms with van der Waals surface area (Å²) in [4.78, 5) is 6.79. The van der Waals surface area contributed by atoms with E-state index < -0.39 is 0 Å². The molecule has 0 saturated carbocycles. The lowest BCUT2D eigenvalue weighted by Gasteiger charge is -2.35. The van der Waals surface area contributed by atoms with Gasteiger partial charge in [0.1, 0.15) is 5.82 Å². The SMILES string of the molecule is CCCc1cc(CO)cc(N2CCC(C)C(O)C2)n1. The van der Waals surface area contributed by atoms with Crippen LogP contribution in [0.3, 0.4) is 0 Å². The minimum absolute atomic E-state index is 0.0407. The zero-order chi connectivity index (χ0) is 13.8. The first-order valence-corrected chi connectivity index (χ1v) is 7.17. The monoisotopic (exact) mass is 264 g/mol. The number of piperidine rings is 1. The molecule has 0 bridgehead atoms. The van der Waals surface area contributed by atoms with Crippen LogP contribution in [0.4, 0.5) is 5.82 Å². The van der Waals surface area contributed by atoms with Crippen LogP contribution in [0.1, 0.15) is 37.9 Å². The van der Waals surface area contributed by atoms with Crippen molar-refractivity contribution < 1.29 is 10.2 Å². The molecule has 0 amide bonds. The van der Waals surface area contributed by atoms with Gasteiger partial charge in [0.2, 0.25) is 0 Å². The summed E-state index contributed by atoms with van der Waals surface area (Å²) in [5, 5.41) is 19.3. The molecule has 0 radical (unpaired) electrons. The van der Waals surface area contributed by atoms with Crippen LogP contribution in [-0.4, -0.2) is 34.4 Å². The normalized spacial score (nSPS) is 23.7. The average molecular weight is 264 g/mol. The highest BCUT2D eigenvalue weighted by atomic mass is 16.3. The van der Waals surface area contributed by atoms with Gasteiger partial charge in [0.25, 0.3) is 0 Å². The number of hydrogen-bond donors (Lipinski definition) is 2. The molecule has 2 heterocycles. The fourth-order valence-electron chi connectivity index (χ4n) is 2.53. The molecule has 1 fully saturated rings. The van der Waals surface area contributed by atoms with Crippen molar-refractivity contribution in [3.63, 3.8) is 0 Å². The van der Waals surface area contributed by atoms with Crippen molar-refractivity contribution in [3.05, 3.63) is 23.4 Å². The molecule has 4 nitrogen and oxygen atoms in total. The molecule has 1 aliphatic rings. The molecule has 0 aromatic carbocycles. The molecular weight excluding hydrogens is 240 g/mol. The zero-order valence-corrected chi connectivity index (χ0v) is 11.8. The second-order valence-corrected chi connectivity index (χ2v) is 5.51. The van der Waals surface area contributed by atoms with Crippen molar-refractivity contribution in [2.24, 2.45) is 5.92 Å². The predicted molar refractivity (Wildman–Crippen MR) is 76.2 cm³/mol. The van der Waals surface area contributed by atoms with Crippen molar-refractivity contribution in [2.45, 2.75) is 45.8 Å². The Labute approximate surface area is 115 Å². The number of aliphatic hydroxyl groups excluding tert-OH is 2. The van der Waals surface area contributed by atoms with Gasteiger partial charge in [0.15, 0.2) is 0 Å². The fourth-order valence-corrected chi connectivity index (χ4v) is 2.53. The van der Waals surface area contributed by atoms with Crippen LogP contribution in [0.25, 0.3) is 0 Å². The number of hydrogen-bond acceptors (Lipinski definition) is 4. The van der Waals surface area contributed by atoms with E-state index in [1.165, 1.54) is 0 Å². The van der Waals surface area contributed by atoms with Crippen LogP contribution in [-0.2, 0) is 13.0 Å². The first-order valence-electron chi connectivity index (χ1n) is 7.17. The van der Waals surface area contributed by atoms with Gasteiger partial charge in [-0.15, -0.1) is 0 Å². The molecule has 2 unspecified atom stereocenters. The highest BCUT2D eigenvalue weighted by Gasteiger charge is 2.25. The molecule has 1 aromatic rings. The molecule has 19 heavy (non-hydrogen) atoms. The van der Waals surface area contributed by atoms with Crippen molar-refractivity contribution in [1.82, 2.24) is 4.98 Å². The Morgan fingerprint density at radius 2 is 2.21 bits per heavy atom. The number of aromatic nitrogens is 1. The lowest BCUT2D eigenvalue weighted by molar-refractivity contribution is 0.102. The van der Waals surface area contributed by atoms with Crippen LogP contribution in [0.5, 0.6) is 0 Å². The van der Waals surface area contributed by atoms with Crippen molar-refractivity contribution in [1.29, 1.82) is 0 Å². The summed E-state index contributed by atoms with van der Waals surface area (Å²) >= 11 is 0. The van der Waals surface area contributed by atoms with E-state index in [-0.39, 0.29) is 12.7 Å². The number of β-amino-alcohol motifs (C(OH)–C–C–N with tert-alkyl or cyclic N) is 1. The standard InChI is InChI=1S/C15H24N2O2/c1-3-4-13-7-12(10-18)8-15(16-13)17-6-5-11(2)14(19)9-17/h7-8,11,14,18-19H,3-6,9-10H2,1-2H3. The molecule has 0 aliphatic carbocycles. The van der Waals surface area contributed by atoms with Crippen LogP contribution < -0.4 is 4.90 Å². The molecule has 2 rings (SSSR count). The summed E-state index contributed by atoms with van der Waals surface area (Å²) in [6.45, 7) is 5.81. The van der Waals surface area contributed by atoms with Crippen LogP contribution in [0, 0.1) is 5.92 Å². The Kier molecular flexibility index (Phi) is 4.77. The van der Waals surface area contributed by atoms with Gasteiger partial charge < -0.3 is 15.1 Å². The summed E-state index contributed by atoms with van der Waals surface area (Å²) < 4.78 is 0. The largest absolute Gasteiger partial charge is 0.392 e. The highest BCUT2D eigenvalue weighted by molar-refractivity contribution is 5.43. The molecule has 2 N–H and O–H groups in total. The van der Waals surface area contributed by atoms with E-state index in [1.807, 2.05) is 12.1 Å². The van der Waals surface area contributed by atoms with E-state index in [2.05, 4.69) is 23.7 Å². The summed E-state index contributed by atoms with van der Waals surface area (Å²) in [7, 11) is 0. The smallest absolute Gasteiger partial charge is 0.129 e. The topological polar surface area (TPSA) is 56.6 Å². The molecule has 1 aliphatic heterocycles. The highest BCUT2D eigenvalue weighted by Crippen LogP contribution is 2.23. The Morgan fingerprint density at radius 3 is 2.84 bits per heavy atom.